The lowest BCUT2D eigenvalue weighted by Gasteiger charge is -2.10. The van der Waals surface area contributed by atoms with Crippen LogP contribution in [0.3, 0.4) is 0 Å². The number of amides is 1. The molecule has 1 N–H and O–H groups in total. The van der Waals surface area contributed by atoms with E-state index in [1.54, 1.807) is 35.6 Å². The fourth-order valence-electron chi connectivity index (χ4n) is 2.32. The minimum Gasteiger partial charge on any atom is -0.319 e. The second kappa shape index (κ2) is 8.28. The summed E-state index contributed by atoms with van der Waals surface area (Å²) in [6, 6.07) is 9.93. The Bertz CT molecular complexity index is 1010. The number of thiazole rings is 1. The Morgan fingerprint density at radius 2 is 2.11 bits per heavy atom. The van der Waals surface area contributed by atoms with Crippen molar-refractivity contribution in [2.75, 3.05) is 5.32 Å². The molecule has 27 heavy (non-hydrogen) atoms. The molecule has 0 aliphatic heterocycles. The van der Waals surface area contributed by atoms with Gasteiger partial charge in [0, 0.05) is 28.2 Å². The minimum atomic E-state index is -0.739. The van der Waals surface area contributed by atoms with E-state index in [9.17, 15) is 19.3 Å². The predicted octanol–water partition coefficient (Wildman–Crippen LogP) is 5.04. The second-order valence-electron chi connectivity index (χ2n) is 5.52. The molecule has 0 aliphatic carbocycles. The van der Waals surface area contributed by atoms with Gasteiger partial charge in [0.15, 0.2) is 0 Å². The molecule has 0 spiro atoms. The number of nitro benzene ring substituents is 1. The minimum absolute atomic E-state index is 0.232. The van der Waals surface area contributed by atoms with E-state index in [1.165, 1.54) is 11.8 Å². The largest absolute Gasteiger partial charge is 0.319 e. The maximum absolute atomic E-state index is 13.9. The normalized spacial score (nSPS) is 10.6. The highest BCUT2D eigenvalue weighted by atomic mass is 32.2. The van der Waals surface area contributed by atoms with Crippen molar-refractivity contribution in [3.05, 3.63) is 80.0 Å². The number of thioether (sulfide) groups is 1. The fourth-order valence-corrected chi connectivity index (χ4v) is 3.98. The van der Waals surface area contributed by atoms with E-state index in [0.717, 1.165) is 28.9 Å². The molecular formula is C18H14FN3O3S2. The molecule has 1 aromatic heterocycles. The zero-order valence-electron chi connectivity index (χ0n) is 14.1. The number of rotatable bonds is 6. The van der Waals surface area contributed by atoms with Crippen molar-refractivity contribution in [3.63, 3.8) is 0 Å². The number of hydrogen-bond acceptors (Lipinski definition) is 6. The molecule has 0 unspecified atom stereocenters. The van der Waals surface area contributed by atoms with Crippen molar-refractivity contribution in [1.82, 2.24) is 4.98 Å². The van der Waals surface area contributed by atoms with E-state index in [0.29, 0.717) is 16.2 Å². The number of nitrogens with zero attached hydrogens (tertiary/aromatic N) is 2. The first kappa shape index (κ1) is 19.0. The third-order valence-corrected chi connectivity index (χ3v) is 5.51. The molecule has 6 nitrogen and oxygen atoms in total. The quantitative estimate of drug-likeness (QED) is 0.354. The van der Waals surface area contributed by atoms with Gasteiger partial charge in [0.05, 0.1) is 26.9 Å². The van der Waals surface area contributed by atoms with Crippen molar-refractivity contribution in [3.8, 4) is 0 Å². The fraction of sp³-hybridized carbons (Fsp3) is 0.111. The molecule has 0 aliphatic rings. The van der Waals surface area contributed by atoms with Crippen LogP contribution in [0.15, 0.2) is 52.7 Å². The van der Waals surface area contributed by atoms with Crippen LogP contribution in [0.4, 0.5) is 15.8 Å². The zero-order valence-corrected chi connectivity index (χ0v) is 15.8. The molecule has 0 atom stereocenters. The Balaban J connectivity index is 1.79. The molecule has 0 saturated carbocycles. The molecular weight excluding hydrogens is 389 g/mol. The van der Waals surface area contributed by atoms with Crippen molar-refractivity contribution in [2.45, 2.75) is 17.6 Å². The van der Waals surface area contributed by atoms with Crippen molar-refractivity contribution in [2.24, 2.45) is 0 Å². The number of halogens is 1. The Kier molecular flexibility index (Phi) is 5.82. The summed E-state index contributed by atoms with van der Waals surface area (Å²) >= 11 is 3.00. The number of nitro groups is 1. The molecule has 0 radical (unpaired) electrons. The van der Waals surface area contributed by atoms with Gasteiger partial charge in [-0.3, -0.25) is 14.9 Å². The Hall–Kier alpha value is -2.78. The van der Waals surface area contributed by atoms with Gasteiger partial charge in [0.25, 0.3) is 11.6 Å². The summed E-state index contributed by atoms with van der Waals surface area (Å²) in [6.45, 7) is 1.92. The van der Waals surface area contributed by atoms with Gasteiger partial charge in [-0.2, -0.15) is 0 Å². The topological polar surface area (TPSA) is 85.1 Å². The van der Waals surface area contributed by atoms with Crippen LogP contribution in [0.2, 0.25) is 0 Å². The van der Waals surface area contributed by atoms with Crippen molar-refractivity contribution < 1.29 is 14.1 Å². The average Bonchev–Trinajstić information content (AvgIpc) is 3.07. The number of non-ortho nitro benzene ring substituents is 1. The first-order valence-electron chi connectivity index (χ1n) is 7.82. The number of carbonyl (C=O) groups is 1. The molecule has 2 aromatic carbocycles. The van der Waals surface area contributed by atoms with E-state index in [-0.39, 0.29) is 11.4 Å². The average molecular weight is 403 g/mol. The maximum atomic E-state index is 13.9. The van der Waals surface area contributed by atoms with E-state index in [1.807, 2.05) is 12.3 Å². The highest BCUT2D eigenvalue weighted by molar-refractivity contribution is 7.98. The van der Waals surface area contributed by atoms with E-state index in [4.69, 9.17) is 0 Å². The summed E-state index contributed by atoms with van der Waals surface area (Å²) in [4.78, 5) is 27.9. The van der Waals surface area contributed by atoms with Gasteiger partial charge in [-0.15, -0.1) is 23.1 Å². The molecule has 138 valence electrons. The highest BCUT2D eigenvalue weighted by Crippen LogP contribution is 2.28. The zero-order chi connectivity index (χ0) is 19.4. The monoisotopic (exact) mass is 403 g/mol. The Morgan fingerprint density at radius 1 is 1.33 bits per heavy atom. The number of aryl methyl sites for hydroxylation is 1. The molecule has 0 bridgehead atoms. The van der Waals surface area contributed by atoms with Gasteiger partial charge in [-0.25, -0.2) is 9.37 Å². The molecule has 9 heteroatoms. The number of anilines is 1. The van der Waals surface area contributed by atoms with Crippen LogP contribution < -0.4 is 5.32 Å². The third-order valence-electron chi connectivity index (χ3n) is 3.58. The van der Waals surface area contributed by atoms with Gasteiger partial charge >= 0.3 is 0 Å². The number of aromatic nitrogens is 1. The standard InChI is InChI=1S/C18H14FN3O3S2/c1-11-20-12(9-26-11)10-27-17-5-3-2-4-14(17)18(23)21-16-8-13(22(24)25)6-7-15(16)19/h2-9H,10H2,1H3,(H,21,23). The smallest absolute Gasteiger partial charge is 0.271 e. The van der Waals surface area contributed by atoms with Crippen LogP contribution >= 0.6 is 23.1 Å². The lowest BCUT2D eigenvalue weighted by molar-refractivity contribution is -0.384. The molecule has 1 amide bonds. The summed E-state index contributed by atoms with van der Waals surface area (Å²) in [7, 11) is 0. The highest BCUT2D eigenvalue weighted by Gasteiger charge is 2.16. The van der Waals surface area contributed by atoms with Crippen LogP contribution in [0.25, 0.3) is 0 Å². The van der Waals surface area contributed by atoms with Gasteiger partial charge in [0.2, 0.25) is 0 Å². The van der Waals surface area contributed by atoms with E-state index < -0.39 is 16.6 Å². The summed E-state index contributed by atoms with van der Waals surface area (Å²) < 4.78 is 13.9. The van der Waals surface area contributed by atoms with Gasteiger partial charge in [-0.05, 0) is 25.1 Å². The lowest BCUT2D eigenvalue weighted by Crippen LogP contribution is -2.14. The molecule has 0 saturated heterocycles. The van der Waals surface area contributed by atoms with Crippen LogP contribution in [0.5, 0.6) is 0 Å². The maximum Gasteiger partial charge on any atom is 0.271 e. The van der Waals surface area contributed by atoms with E-state index in [2.05, 4.69) is 10.3 Å². The van der Waals surface area contributed by atoms with Crippen LogP contribution in [0, 0.1) is 22.9 Å². The SMILES string of the molecule is Cc1nc(CSc2ccccc2C(=O)Nc2cc([N+](=O)[O-])ccc2F)cs1. The third kappa shape index (κ3) is 4.69. The van der Waals surface area contributed by atoms with Gasteiger partial charge < -0.3 is 5.32 Å². The molecule has 1 heterocycles. The summed E-state index contributed by atoms with van der Waals surface area (Å²) in [5.74, 6) is -0.677. The number of hydrogen-bond donors (Lipinski definition) is 1. The van der Waals surface area contributed by atoms with Crippen LogP contribution in [-0.2, 0) is 5.75 Å². The predicted molar refractivity (Wildman–Crippen MR) is 104 cm³/mol. The number of carbonyl (C=O) groups excluding carboxylic acids is 1. The van der Waals surface area contributed by atoms with Crippen LogP contribution in [-0.4, -0.2) is 15.8 Å². The Labute approximate surface area is 162 Å². The summed E-state index contributed by atoms with van der Waals surface area (Å²) in [6.07, 6.45) is 0. The van der Waals surface area contributed by atoms with Crippen molar-refractivity contribution in [1.29, 1.82) is 0 Å². The van der Waals surface area contributed by atoms with Crippen LogP contribution in [0.1, 0.15) is 21.1 Å². The molecule has 0 fully saturated rings. The van der Waals surface area contributed by atoms with Gasteiger partial charge in [0.1, 0.15) is 5.82 Å². The number of nitrogens with one attached hydrogen (secondary N) is 1. The number of benzene rings is 2. The second-order valence-corrected chi connectivity index (χ2v) is 7.60. The summed E-state index contributed by atoms with van der Waals surface area (Å²) in [5, 5.41) is 16.2. The van der Waals surface area contributed by atoms with Crippen molar-refractivity contribution >= 4 is 40.4 Å². The van der Waals surface area contributed by atoms with E-state index >= 15 is 0 Å². The Morgan fingerprint density at radius 3 is 2.81 bits per heavy atom. The lowest BCUT2D eigenvalue weighted by atomic mass is 10.2. The molecule has 3 rings (SSSR count). The first-order valence-corrected chi connectivity index (χ1v) is 9.68. The summed E-state index contributed by atoms with van der Waals surface area (Å²) in [5.41, 5.74) is 0.750. The first-order chi connectivity index (χ1) is 12.9. The molecule has 3 aromatic rings. The van der Waals surface area contributed by atoms with Gasteiger partial charge in [-0.1, -0.05) is 12.1 Å².